The summed E-state index contributed by atoms with van der Waals surface area (Å²) in [6.07, 6.45) is 1.52. The van der Waals surface area contributed by atoms with E-state index in [1.165, 1.54) is 35.2 Å². The van der Waals surface area contributed by atoms with Crippen LogP contribution >= 0.6 is 11.8 Å². The molecule has 0 saturated carbocycles. The van der Waals surface area contributed by atoms with Gasteiger partial charge in [-0.3, -0.25) is 0 Å². The average molecular weight is 259 g/mol. The molecule has 1 aromatic heterocycles. The van der Waals surface area contributed by atoms with Crippen molar-refractivity contribution in [1.29, 1.82) is 0 Å². The Morgan fingerprint density at radius 3 is 2.67 bits per heavy atom. The quantitative estimate of drug-likeness (QED) is 0.915. The maximum absolute atomic E-state index is 10.9. The van der Waals surface area contributed by atoms with E-state index in [4.69, 9.17) is 5.11 Å². The van der Waals surface area contributed by atoms with E-state index >= 15 is 0 Å². The smallest absolute Gasteiger partial charge is 0.335 e. The number of rotatable bonds is 3. The first-order valence-electron chi connectivity index (χ1n) is 5.51. The summed E-state index contributed by atoms with van der Waals surface area (Å²) < 4.78 is 0. The molecule has 4 heteroatoms. The number of aryl methyl sites for hydroxylation is 2. The van der Waals surface area contributed by atoms with Crippen LogP contribution in [0.25, 0.3) is 0 Å². The summed E-state index contributed by atoms with van der Waals surface area (Å²) in [7, 11) is 0. The molecule has 0 fully saturated rings. The largest absolute Gasteiger partial charge is 0.478 e. The normalized spacial score (nSPS) is 10.3. The van der Waals surface area contributed by atoms with Crippen molar-refractivity contribution in [2.24, 2.45) is 0 Å². The van der Waals surface area contributed by atoms with Gasteiger partial charge in [-0.15, -0.1) is 0 Å². The minimum atomic E-state index is -0.931. The minimum Gasteiger partial charge on any atom is -0.478 e. The van der Waals surface area contributed by atoms with E-state index in [2.05, 4.69) is 11.1 Å². The third-order valence-electron chi connectivity index (χ3n) is 2.53. The van der Waals surface area contributed by atoms with Crippen molar-refractivity contribution < 1.29 is 9.90 Å². The molecule has 0 aliphatic rings. The molecular formula is C14H13NO2S. The van der Waals surface area contributed by atoms with E-state index < -0.39 is 5.97 Å². The van der Waals surface area contributed by atoms with Gasteiger partial charge in [0.05, 0.1) is 5.56 Å². The van der Waals surface area contributed by atoms with Gasteiger partial charge in [-0.25, -0.2) is 9.78 Å². The van der Waals surface area contributed by atoms with Crippen molar-refractivity contribution in [3.63, 3.8) is 0 Å². The van der Waals surface area contributed by atoms with Gasteiger partial charge >= 0.3 is 5.97 Å². The molecule has 0 amide bonds. The van der Waals surface area contributed by atoms with Gasteiger partial charge in [-0.1, -0.05) is 29.5 Å². The minimum absolute atomic E-state index is 0.261. The van der Waals surface area contributed by atoms with Crippen molar-refractivity contribution >= 4 is 17.7 Å². The Morgan fingerprint density at radius 1 is 1.22 bits per heavy atom. The maximum atomic E-state index is 10.9. The zero-order chi connectivity index (χ0) is 13.1. The van der Waals surface area contributed by atoms with Gasteiger partial charge in [0, 0.05) is 11.1 Å². The third-order valence-corrected chi connectivity index (χ3v) is 3.64. The van der Waals surface area contributed by atoms with Crippen LogP contribution in [-0.2, 0) is 0 Å². The molecule has 0 aliphatic carbocycles. The predicted molar refractivity (Wildman–Crippen MR) is 71.2 cm³/mol. The number of hydrogen-bond donors (Lipinski definition) is 1. The molecule has 1 heterocycles. The topological polar surface area (TPSA) is 50.2 Å². The summed E-state index contributed by atoms with van der Waals surface area (Å²) in [5, 5.41) is 9.63. The summed E-state index contributed by atoms with van der Waals surface area (Å²) in [4.78, 5) is 16.2. The molecule has 0 bridgehead atoms. The monoisotopic (exact) mass is 259 g/mol. The molecule has 0 atom stereocenters. The van der Waals surface area contributed by atoms with Crippen LogP contribution < -0.4 is 0 Å². The molecule has 1 N–H and O–H groups in total. The fourth-order valence-corrected chi connectivity index (χ4v) is 2.51. The van der Waals surface area contributed by atoms with Crippen LogP contribution in [0.2, 0.25) is 0 Å². The number of hydrogen-bond acceptors (Lipinski definition) is 3. The van der Waals surface area contributed by atoms with Gasteiger partial charge < -0.3 is 5.11 Å². The number of carboxylic acid groups (broad SMARTS) is 1. The lowest BCUT2D eigenvalue weighted by Crippen LogP contribution is -1.96. The average Bonchev–Trinajstić information content (AvgIpc) is 2.33. The second-order valence-corrected chi connectivity index (χ2v) is 5.12. The van der Waals surface area contributed by atoms with Crippen molar-refractivity contribution in [2.75, 3.05) is 0 Å². The van der Waals surface area contributed by atoms with Gasteiger partial charge in [0.1, 0.15) is 5.03 Å². The van der Waals surface area contributed by atoms with E-state index in [1.807, 2.05) is 26.0 Å². The molecule has 2 aromatic rings. The first-order valence-corrected chi connectivity index (χ1v) is 6.32. The van der Waals surface area contributed by atoms with Crippen molar-refractivity contribution in [2.45, 2.75) is 23.8 Å². The molecule has 2 rings (SSSR count). The van der Waals surface area contributed by atoms with E-state index in [-0.39, 0.29) is 5.56 Å². The lowest BCUT2D eigenvalue weighted by molar-refractivity contribution is 0.0696. The summed E-state index contributed by atoms with van der Waals surface area (Å²) in [6, 6.07) is 9.25. The number of aromatic nitrogens is 1. The first-order chi connectivity index (χ1) is 8.56. The number of carbonyl (C=O) groups is 1. The molecule has 92 valence electrons. The Bertz CT molecular complexity index is 596. The number of pyridine rings is 1. The number of benzene rings is 1. The van der Waals surface area contributed by atoms with Crippen molar-refractivity contribution in [1.82, 2.24) is 4.98 Å². The Labute approximate surface area is 110 Å². The molecule has 0 unspecified atom stereocenters. The predicted octanol–water partition coefficient (Wildman–Crippen LogP) is 3.55. The summed E-state index contributed by atoms with van der Waals surface area (Å²) in [6.45, 7) is 4.08. The van der Waals surface area contributed by atoms with Crippen molar-refractivity contribution in [3.8, 4) is 0 Å². The summed E-state index contributed by atoms with van der Waals surface area (Å²) >= 11 is 1.48. The Hall–Kier alpha value is -1.81. The molecule has 0 spiro atoms. The van der Waals surface area contributed by atoms with Crippen LogP contribution in [-0.4, -0.2) is 16.1 Å². The highest BCUT2D eigenvalue weighted by Crippen LogP contribution is 2.29. The van der Waals surface area contributed by atoms with Crippen LogP contribution in [0.5, 0.6) is 0 Å². The van der Waals surface area contributed by atoms with Gasteiger partial charge in [0.15, 0.2) is 0 Å². The Morgan fingerprint density at radius 2 is 2.00 bits per heavy atom. The van der Waals surface area contributed by atoms with Crippen molar-refractivity contribution in [3.05, 3.63) is 53.2 Å². The highest BCUT2D eigenvalue weighted by atomic mass is 32.2. The van der Waals surface area contributed by atoms with E-state index in [0.717, 1.165) is 4.90 Å². The van der Waals surface area contributed by atoms with Crippen LogP contribution in [0.4, 0.5) is 0 Å². The molecule has 0 aliphatic heterocycles. The van der Waals surface area contributed by atoms with Gasteiger partial charge in [-0.05, 0) is 37.6 Å². The second-order valence-electron chi connectivity index (χ2n) is 4.06. The van der Waals surface area contributed by atoms with Crippen LogP contribution in [0.1, 0.15) is 21.5 Å². The molecule has 3 nitrogen and oxygen atoms in total. The SMILES string of the molecule is Cc1ccc(Sc2cc(C(=O)O)ccn2)c(C)c1. The first kappa shape index (κ1) is 12.6. The van der Waals surface area contributed by atoms with Gasteiger partial charge in [-0.2, -0.15) is 0 Å². The maximum Gasteiger partial charge on any atom is 0.335 e. The van der Waals surface area contributed by atoms with Gasteiger partial charge in [0.2, 0.25) is 0 Å². The van der Waals surface area contributed by atoms with Crippen LogP contribution in [0.15, 0.2) is 46.5 Å². The molecule has 1 aromatic carbocycles. The van der Waals surface area contributed by atoms with E-state index in [9.17, 15) is 4.79 Å². The molecular weight excluding hydrogens is 246 g/mol. The fraction of sp³-hybridized carbons (Fsp3) is 0.143. The highest BCUT2D eigenvalue weighted by Gasteiger charge is 2.07. The third kappa shape index (κ3) is 2.90. The molecule has 0 radical (unpaired) electrons. The van der Waals surface area contributed by atoms with Gasteiger partial charge in [0.25, 0.3) is 0 Å². The Balaban J connectivity index is 2.28. The zero-order valence-electron chi connectivity index (χ0n) is 10.2. The second kappa shape index (κ2) is 5.23. The molecule has 18 heavy (non-hydrogen) atoms. The lowest BCUT2D eigenvalue weighted by Gasteiger charge is -2.06. The summed E-state index contributed by atoms with van der Waals surface area (Å²) in [5.74, 6) is -0.931. The zero-order valence-corrected chi connectivity index (χ0v) is 11.0. The van der Waals surface area contributed by atoms with E-state index in [1.54, 1.807) is 6.07 Å². The Kier molecular flexibility index (Phi) is 3.67. The number of nitrogens with zero attached hydrogens (tertiary/aromatic N) is 1. The fourth-order valence-electron chi connectivity index (χ4n) is 1.62. The number of aromatic carboxylic acids is 1. The standard InChI is InChI=1S/C14H13NO2S/c1-9-3-4-12(10(2)7-9)18-13-8-11(14(16)17)5-6-15-13/h3-8H,1-2H3,(H,16,17). The number of carboxylic acids is 1. The highest BCUT2D eigenvalue weighted by molar-refractivity contribution is 7.99. The van der Waals surface area contributed by atoms with Crippen LogP contribution in [0.3, 0.4) is 0 Å². The molecule has 0 saturated heterocycles. The lowest BCUT2D eigenvalue weighted by atomic mass is 10.2. The summed E-state index contributed by atoms with van der Waals surface area (Å²) in [5.41, 5.74) is 2.64. The van der Waals surface area contributed by atoms with Crippen LogP contribution in [0, 0.1) is 13.8 Å². The van der Waals surface area contributed by atoms with E-state index in [0.29, 0.717) is 5.03 Å².